The lowest BCUT2D eigenvalue weighted by molar-refractivity contribution is -0.137. The molecule has 0 aromatic carbocycles. The van der Waals surface area contributed by atoms with Crippen molar-refractivity contribution in [1.29, 1.82) is 0 Å². The van der Waals surface area contributed by atoms with E-state index in [-0.39, 0.29) is 10.9 Å². The molecular weight excluding hydrogens is 190 g/mol. The molecule has 0 saturated heterocycles. The van der Waals surface area contributed by atoms with E-state index in [1.54, 1.807) is 20.8 Å². The minimum atomic E-state index is -1.07. The summed E-state index contributed by atoms with van der Waals surface area (Å²) in [5.41, 5.74) is 4.79. The zero-order valence-corrected chi connectivity index (χ0v) is 8.85. The number of carbonyl (C=O) groups is 2. The third kappa shape index (κ3) is 4.90. The summed E-state index contributed by atoms with van der Waals surface area (Å²) in [5.74, 6) is -0.944. The van der Waals surface area contributed by atoms with Crippen molar-refractivity contribution in [2.24, 2.45) is 11.1 Å². The van der Waals surface area contributed by atoms with Crippen molar-refractivity contribution < 1.29 is 14.7 Å². The second kappa shape index (κ2) is 4.62. The second-order valence-electron chi connectivity index (χ2n) is 3.79. The Labute approximate surface area is 81.9 Å². The summed E-state index contributed by atoms with van der Waals surface area (Å²) in [6.45, 7) is 5.36. The van der Waals surface area contributed by atoms with E-state index < -0.39 is 17.4 Å². The lowest BCUT2D eigenvalue weighted by Crippen LogP contribution is -2.33. The second-order valence-corrected chi connectivity index (χ2v) is 4.79. The molecule has 3 N–H and O–H groups in total. The number of thioether (sulfide) groups is 1. The van der Waals surface area contributed by atoms with Crippen LogP contribution in [0.4, 0.5) is 0 Å². The van der Waals surface area contributed by atoms with Crippen LogP contribution in [0, 0.1) is 5.41 Å². The first-order valence-electron chi connectivity index (χ1n) is 3.90. The van der Waals surface area contributed by atoms with Crippen molar-refractivity contribution in [3.63, 3.8) is 0 Å². The van der Waals surface area contributed by atoms with Crippen LogP contribution in [-0.4, -0.2) is 28.0 Å². The van der Waals surface area contributed by atoms with Crippen LogP contribution in [0.25, 0.3) is 0 Å². The lowest BCUT2D eigenvalue weighted by atomic mass is 10.00. The van der Waals surface area contributed by atoms with Crippen molar-refractivity contribution in [3.8, 4) is 0 Å². The number of carboxylic acid groups (broad SMARTS) is 1. The van der Waals surface area contributed by atoms with E-state index >= 15 is 0 Å². The highest BCUT2D eigenvalue weighted by Gasteiger charge is 2.23. The van der Waals surface area contributed by atoms with E-state index in [0.717, 1.165) is 11.8 Å². The van der Waals surface area contributed by atoms with Crippen molar-refractivity contribution in [3.05, 3.63) is 0 Å². The number of hydrogen-bond acceptors (Lipinski definition) is 4. The van der Waals surface area contributed by atoms with Gasteiger partial charge in [0.2, 0.25) is 0 Å². The first-order valence-corrected chi connectivity index (χ1v) is 4.89. The predicted octanol–water partition coefficient (Wildman–Crippen LogP) is 0.704. The molecule has 4 nitrogen and oxygen atoms in total. The lowest BCUT2D eigenvalue weighted by Gasteiger charge is -2.16. The van der Waals surface area contributed by atoms with Crippen LogP contribution in [0.3, 0.4) is 0 Å². The Morgan fingerprint density at radius 2 is 1.92 bits per heavy atom. The number of carbonyl (C=O) groups excluding carboxylic acids is 1. The van der Waals surface area contributed by atoms with Crippen LogP contribution in [0.2, 0.25) is 0 Å². The first kappa shape index (κ1) is 12.4. The van der Waals surface area contributed by atoms with Gasteiger partial charge in [-0.1, -0.05) is 32.5 Å². The largest absolute Gasteiger partial charge is 0.480 e. The fourth-order valence-corrected chi connectivity index (χ4v) is 1.36. The highest BCUT2D eigenvalue weighted by Crippen LogP contribution is 2.22. The minimum Gasteiger partial charge on any atom is -0.480 e. The molecule has 0 aliphatic carbocycles. The van der Waals surface area contributed by atoms with Crippen molar-refractivity contribution in [2.75, 3.05) is 5.75 Å². The maximum atomic E-state index is 11.3. The Bertz CT molecular complexity index is 210. The molecule has 0 spiro atoms. The summed E-state index contributed by atoms with van der Waals surface area (Å²) < 4.78 is 0. The van der Waals surface area contributed by atoms with Gasteiger partial charge in [0.1, 0.15) is 6.04 Å². The average Bonchev–Trinajstić information content (AvgIpc) is 1.97. The summed E-state index contributed by atoms with van der Waals surface area (Å²) in [7, 11) is 0. The standard InChI is InChI=1S/C8H15NO3S/c1-8(2,3)7(12)13-4-5(9)6(10)11/h5H,4,9H2,1-3H3,(H,10,11). The van der Waals surface area contributed by atoms with Gasteiger partial charge in [-0.3, -0.25) is 9.59 Å². The zero-order valence-electron chi connectivity index (χ0n) is 8.03. The minimum absolute atomic E-state index is 0.0378. The smallest absolute Gasteiger partial charge is 0.321 e. The zero-order chi connectivity index (χ0) is 10.6. The summed E-state index contributed by atoms with van der Waals surface area (Å²) in [5, 5.41) is 8.41. The molecule has 1 atom stereocenters. The van der Waals surface area contributed by atoms with Gasteiger partial charge in [-0.15, -0.1) is 0 Å². The van der Waals surface area contributed by atoms with Gasteiger partial charge in [0.25, 0.3) is 0 Å². The van der Waals surface area contributed by atoms with Gasteiger partial charge in [0.15, 0.2) is 5.12 Å². The highest BCUT2D eigenvalue weighted by molar-refractivity contribution is 8.13. The third-order valence-electron chi connectivity index (χ3n) is 1.32. The van der Waals surface area contributed by atoms with E-state index in [1.807, 2.05) is 0 Å². The van der Waals surface area contributed by atoms with E-state index in [0.29, 0.717) is 0 Å². The Morgan fingerprint density at radius 3 is 2.23 bits per heavy atom. The van der Waals surface area contributed by atoms with Crippen molar-refractivity contribution in [2.45, 2.75) is 26.8 Å². The number of carboxylic acids is 1. The molecule has 0 aliphatic heterocycles. The maximum Gasteiger partial charge on any atom is 0.321 e. The summed E-state index contributed by atoms with van der Waals surface area (Å²) in [6.07, 6.45) is 0. The number of nitrogens with two attached hydrogens (primary N) is 1. The van der Waals surface area contributed by atoms with E-state index in [1.165, 1.54) is 0 Å². The quantitative estimate of drug-likeness (QED) is 0.709. The monoisotopic (exact) mass is 205 g/mol. The molecule has 0 amide bonds. The van der Waals surface area contributed by atoms with Crippen LogP contribution in [0.15, 0.2) is 0 Å². The Morgan fingerprint density at radius 1 is 1.46 bits per heavy atom. The third-order valence-corrected chi connectivity index (χ3v) is 2.72. The highest BCUT2D eigenvalue weighted by atomic mass is 32.2. The Balaban J connectivity index is 3.91. The molecule has 76 valence electrons. The van der Waals surface area contributed by atoms with Gasteiger partial charge < -0.3 is 10.8 Å². The molecule has 0 aliphatic rings. The Hall–Kier alpha value is -0.550. The van der Waals surface area contributed by atoms with Gasteiger partial charge in [0.05, 0.1) is 0 Å². The molecule has 1 unspecified atom stereocenters. The van der Waals surface area contributed by atoms with Crippen LogP contribution in [-0.2, 0) is 9.59 Å². The summed E-state index contributed by atoms with van der Waals surface area (Å²) in [4.78, 5) is 21.6. The van der Waals surface area contributed by atoms with E-state index in [9.17, 15) is 9.59 Å². The average molecular weight is 205 g/mol. The maximum absolute atomic E-state index is 11.3. The van der Waals surface area contributed by atoms with Gasteiger partial charge in [-0.05, 0) is 0 Å². The predicted molar refractivity (Wildman–Crippen MR) is 52.5 cm³/mol. The van der Waals surface area contributed by atoms with E-state index in [2.05, 4.69) is 0 Å². The fourth-order valence-electron chi connectivity index (χ4n) is 0.453. The van der Waals surface area contributed by atoms with Crippen LogP contribution in [0.1, 0.15) is 20.8 Å². The molecule has 5 heteroatoms. The number of rotatable bonds is 3. The van der Waals surface area contributed by atoms with Gasteiger partial charge in [-0.2, -0.15) is 0 Å². The van der Waals surface area contributed by atoms with Crippen LogP contribution >= 0.6 is 11.8 Å². The van der Waals surface area contributed by atoms with Crippen molar-refractivity contribution in [1.82, 2.24) is 0 Å². The molecule has 13 heavy (non-hydrogen) atoms. The molecule has 0 aromatic heterocycles. The topological polar surface area (TPSA) is 80.4 Å². The van der Waals surface area contributed by atoms with Gasteiger partial charge in [0, 0.05) is 11.2 Å². The molecule has 0 radical (unpaired) electrons. The van der Waals surface area contributed by atoms with E-state index in [4.69, 9.17) is 10.8 Å². The molecule has 0 rings (SSSR count). The van der Waals surface area contributed by atoms with Gasteiger partial charge in [-0.25, -0.2) is 0 Å². The fraction of sp³-hybridized carbons (Fsp3) is 0.750. The first-order chi connectivity index (χ1) is 5.75. The SMILES string of the molecule is CC(C)(C)C(=O)SCC(N)C(=O)O. The molecule has 0 aromatic rings. The molecule has 0 heterocycles. The Kier molecular flexibility index (Phi) is 4.43. The van der Waals surface area contributed by atoms with Crippen molar-refractivity contribution >= 4 is 22.8 Å². The molecule has 0 saturated carbocycles. The van der Waals surface area contributed by atoms with Gasteiger partial charge >= 0.3 is 5.97 Å². The summed E-state index contributed by atoms with van der Waals surface area (Å²) >= 11 is 0.975. The molecule has 0 bridgehead atoms. The number of aliphatic carboxylic acids is 1. The van der Waals surface area contributed by atoms with Crippen LogP contribution in [0.5, 0.6) is 0 Å². The molecular formula is C8H15NO3S. The molecule has 0 fully saturated rings. The van der Waals surface area contributed by atoms with Crippen LogP contribution < -0.4 is 5.73 Å². The normalized spacial score (nSPS) is 13.8. The summed E-state index contributed by atoms with van der Waals surface area (Å²) in [6, 6.07) is -0.962. The number of hydrogen-bond donors (Lipinski definition) is 2.